The van der Waals surface area contributed by atoms with Crippen molar-refractivity contribution in [1.82, 2.24) is 20.2 Å². The van der Waals surface area contributed by atoms with Crippen LogP contribution in [-0.2, 0) is 0 Å². The maximum atomic E-state index is 5.83. The molecule has 0 saturated heterocycles. The van der Waals surface area contributed by atoms with Crippen LogP contribution in [0.4, 0.5) is 0 Å². The van der Waals surface area contributed by atoms with Crippen molar-refractivity contribution < 1.29 is 0 Å². The highest BCUT2D eigenvalue weighted by Gasteiger charge is 2.28. The Hall–Kier alpha value is -1.40. The van der Waals surface area contributed by atoms with E-state index >= 15 is 0 Å². The minimum atomic E-state index is 0.0702. The summed E-state index contributed by atoms with van der Waals surface area (Å²) in [6, 6.07) is 8.81. The van der Waals surface area contributed by atoms with Gasteiger partial charge in [-0.1, -0.05) is 12.1 Å². The number of aromatic nitrogens is 4. The van der Waals surface area contributed by atoms with Gasteiger partial charge in [0.25, 0.3) is 0 Å². The second-order valence-electron chi connectivity index (χ2n) is 4.60. The number of benzene rings is 1. The zero-order valence-corrected chi connectivity index (χ0v) is 11.0. The number of hydrogen-bond donors (Lipinski definition) is 1. The van der Waals surface area contributed by atoms with Gasteiger partial charge in [-0.25, -0.2) is 4.68 Å². The average Bonchev–Trinajstić information content (AvgIpc) is 3.11. The SMILES string of the molecule is C[C@H](N)c1ccc(Sc2nnnn2C2CC2)cc1. The molecule has 1 aromatic carbocycles. The van der Waals surface area contributed by atoms with Crippen LogP contribution >= 0.6 is 11.8 Å². The second-order valence-corrected chi connectivity index (χ2v) is 5.64. The van der Waals surface area contributed by atoms with Crippen LogP contribution in [-0.4, -0.2) is 20.2 Å². The Bertz CT molecular complexity index is 530. The van der Waals surface area contributed by atoms with Gasteiger partial charge in [0.1, 0.15) is 0 Å². The Morgan fingerprint density at radius 2 is 2.06 bits per heavy atom. The quantitative estimate of drug-likeness (QED) is 0.913. The topological polar surface area (TPSA) is 69.6 Å². The van der Waals surface area contributed by atoms with Gasteiger partial charge >= 0.3 is 0 Å². The summed E-state index contributed by atoms with van der Waals surface area (Å²) in [5.41, 5.74) is 6.97. The molecule has 94 valence electrons. The Morgan fingerprint density at radius 3 is 2.67 bits per heavy atom. The van der Waals surface area contributed by atoms with E-state index < -0.39 is 0 Å². The largest absolute Gasteiger partial charge is 0.324 e. The van der Waals surface area contributed by atoms with Crippen molar-refractivity contribution in [3.8, 4) is 0 Å². The molecule has 0 spiro atoms. The van der Waals surface area contributed by atoms with E-state index in [0.717, 1.165) is 15.6 Å². The first-order valence-electron chi connectivity index (χ1n) is 6.05. The molecular formula is C12H15N5S. The van der Waals surface area contributed by atoms with E-state index in [4.69, 9.17) is 5.73 Å². The van der Waals surface area contributed by atoms with Crippen LogP contribution in [0.5, 0.6) is 0 Å². The molecule has 5 nitrogen and oxygen atoms in total. The summed E-state index contributed by atoms with van der Waals surface area (Å²) in [7, 11) is 0. The maximum absolute atomic E-state index is 5.83. The van der Waals surface area contributed by atoms with Crippen molar-refractivity contribution in [2.24, 2.45) is 5.73 Å². The van der Waals surface area contributed by atoms with E-state index in [1.807, 2.05) is 11.6 Å². The van der Waals surface area contributed by atoms with Crippen molar-refractivity contribution in [3.63, 3.8) is 0 Å². The van der Waals surface area contributed by atoms with Crippen LogP contribution in [0.2, 0.25) is 0 Å². The van der Waals surface area contributed by atoms with Gasteiger partial charge in [-0.3, -0.25) is 0 Å². The maximum Gasteiger partial charge on any atom is 0.214 e. The number of hydrogen-bond acceptors (Lipinski definition) is 5. The van der Waals surface area contributed by atoms with Crippen molar-refractivity contribution >= 4 is 11.8 Å². The fourth-order valence-electron chi connectivity index (χ4n) is 1.75. The minimum Gasteiger partial charge on any atom is -0.324 e. The number of tetrazole rings is 1. The molecule has 1 saturated carbocycles. The summed E-state index contributed by atoms with van der Waals surface area (Å²) < 4.78 is 1.92. The van der Waals surface area contributed by atoms with Crippen LogP contribution < -0.4 is 5.73 Å². The highest BCUT2D eigenvalue weighted by molar-refractivity contribution is 7.99. The predicted molar refractivity (Wildman–Crippen MR) is 69.3 cm³/mol. The van der Waals surface area contributed by atoms with Crippen LogP contribution in [0.3, 0.4) is 0 Å². The third-order valence-corrected chi connectivity index (χ3v) is 3.93. The fraction of sp³-hybridized carbons (Fsp3) is 0.417. The molecule has 1 atom stereocenters. The van der Waals surface area contributed by atoms with Gasteiger partial charge in [-0.15, -0.1) is 5.10 Å². The average molecular weight is 261 g/mol. The summed E-state index contributed by atoms with van der Waals surface area (Å²) in [6.07, 6.45) is 2.37. The molecule has 1 fully saturated rings. The van der Waals surface area contributed by atoms with Crippen LogP contribution in [0.25, 0.3) is 0 Å². The zero-order chi connectivity index (χ0) is 12.5. The van der Waals surface area contributed by atoms with E-state index in [-0.39, 0.29) is 6.04 Å². The molecule has 0 radical (unpaired) electrons. The second kappa shape index (κ2) is 4.70. The van der Waals surface area contributed by atoms with Crippen molar-refractivity contribution in [1.29, 1.82) is 0 Å². The normalized spacial score (nSPS) is 16.8. The molecule has 0 aliphatic heterocycles. The van der Waals surface area contributed by atoms with Gasteiger partial charge in [0.15, 0.2) is 0 Å². The standard InChI is InChI=1S/C12H15N5S/c1-8(13)9-2-6-11(7-3-9)18-12-14-15-16-17(12)10-4-5-10/h2-3,6-8,10H,4-5,13H2,1H3/t8-/m0/s1. The van der Waals surface area contributed by atoms with E-state index in [2.05, 4.69) is 39.8 Å². The van der Waals surface area contributed by atoms with Gasteiger partial charge in [0.2, 0.25) is 5.16 Å². The molecule has 0 amide bonds. The van der Waals surface area contributed by atoms with Crippen molar-refractivity contribution in [2.45, 2.75) is 41.9 Å². The zero-order valence-electron chi connectivity index (χ0n) is 10.2. The molecule has 0 unspecified atom stereocenters. The first-order chi connectivity index (χ1) is 8.74. The summed E-state index contributed by atoms with van der Waals surface area (Å²) in [5.74, 6) is 0. The third-order valence-electron chi connectivity index (χ3n) is 2.97. The van der Waals surface area contributed by atoms with Crippen LogP contribution in [0.1, 0.15) is 37.4 Å². The molecule has 2 N–H and O–H groups in total. The van der Waals surface area contributed by atoms with Gasteiger partial charge in [-0.2, -0.15) is 0 Å². The predicted octanol–water partition coefficient (Wildman–Crippen LogP) is 2.18. The fourth-order valence-corrected chi connectivity index (χ4v) is 2.59. The summed E-state index contributed by atoms with van der Waals surface area (Å²) in [5, 5.41) is 12.7. The molecule has 3 rings (SSSR count). The molecular weight excluding hydrogens is 246 g/mol. The number of nitrogens with zero attached hydrogens (tertiary/aromatic N) is 4. The summed E-state index contributed by atoms with van der Waals surface area (Å²) >= 11 is 1.60. The smallest absolute Gasteiger partial charge is 0.214 e. The van der Waals surface area contributed by atoms with Gasteiger partial charge in [-0.05, 0) is 59.7 Å². The molecule has 1 aromatic heterocycles. The van der Waals surface area contributed by atoms with E-state index in [9.17, 15) is 0 Å². The highest BCUT2D eigenvalue weighted by Crippen LogP contribution is 2.37. The number of rotatable bonds is 4. The highest BCUT2D eigenvalue weighted by atomic mass is 32.2. The number of nitrogens with two attached hydrogens (primary N) is 1. The summed E-state index contributed by atoms with van der Waals surface area (Å²) in [4.78, 5) is 1.14. The molecule has 6 heteroatoms. The Labute approximate surface area is 110 Å². The van der Waals surface area contributed by atoms with Gasteiger partial charge in [0.05, 0.1) is 6.04 Å². The monoisotopic (exact) mass is 261 g/mol. The first-order valence-corrected chi connectivity index (χ1v) is 6.87. The summed E-state index contributed by atoms with van der Waals surface area (Å²) in [6.45, 7) is 1.98. The molecule has 1 aliphatic rings. The van der Waals surface area contributed by atoms with Crippen LogP contribution in [0.15, 0.2) is 34.3 Å². The lowest BCUT2D eigenvalue weighted by Gasteiger charge is -2.06. The third kappa shape index (κ3) is 2.39. The Kier molecular flexibility index (Phi) is 3.05. The molecule has 18 heavy (non-hydrogen) atoms. The lowest BCUT2D eigenvalue weighted by atomic mass is 10.1. The first kappa shape index (κ1) is 11.7. The Morgan fingerprint density at radius 1 is 1.33 bits per heavy atom. The van der Waals surface area contributed by atoms with Crippen molar-refractivity contribution in [2.75, 3.05) is 0 Å². The minimum absolute atomic E-state index is 0.0702. The van der Waals surface area contributed by atoms with E-state index in [1.54, 1.807) is 11.8 Å². The van der Waals surface area contributed by atoms with Crippen molar-refractivity contribution in [3.05, 3.63) is 29.8 Å². The molecule has 2 aromatic rings. The lowest BCUT2D eigenvalue weighted by molar-refractivity contribution is 0.565. The van der Waals surface area contributed by atoms with Gasteiger partial charge in [0, 0.05) is 10.9 Å². The lowest BCUT2D eigenvalue weighted by Crippen LogP contribution is -2.04. The van der Waals surface area contributed by atoms with E-state index in [0.29, 0.717) is 6.04 Å². The van der Waals surface area contributed by atoms with E-state index in [1.165, 1.54) is 12.8 Å². The Balaban J connectivity index is 1.77. The molecule has 1 heterocycles. The van der Waals surface area contributed by atoms with Gasteiger partial charge < -0.3 is 5.73 Å². The molecule has 1 aliphatic carbocycles. The molecule has 0 bridgehead atoms. The van der Waals surface area contributed by atoms with Crippen LogP contribution in [0, 0.1) is 0 Å².